The minimum atomic E-state index is -3.93. The molecule has 0 spiro atoms. The molecule has 0 saturated carbocycles. The van der Waals surface area contributed by atoms with E-state index in [1.165, 1.54) is 30.2 Å². The zero-order valence-electron chi connectivity index (χ0n) is 16.2. The van der Waals surface area contributed by atoms with Crippen molar-refractivity contribution in [2.75, 3.05) is 14.2 Å². The van der Waals surface area contributed by atoms with Crippen LogP contribution in [-0.4, -0.2) is 33.4 Å². The second-order valence-corrected chi connectivity index (χ2v) is 8.19. The van der Waals surface area contributed by atoms with Gasteiger partial charge in [0.25, 0.3) is 5.91 Å². The highest BCUT2D eigenvalue weighted by molar-refractivity contribution is 7.89. The smallest absolute Gasteiger partial charge is 0.257 e. The summed E-state index contributed by atoms with van der Waals surface area (Å²) in [5.74, 6) is -0.0758. The number of amides is 1. The fourth-order valence-electron chi connectivity index (χ4n) is 3.02. The van der Waals surface area contributed by atoms with E-state index in [1.54, 1.807) is 7.05 Å². The van der Waals surface area contributed by atoms with E-state index in [0.29, 0.717) is 6.54 Å². The number of nitrogens with zero attached hydrogens (tertiary/aromatic N) is 1. The van der Waals surface area contributed by atoms with E-state index in [4.69, 9.17) is 9.88 Å². The van der Waals surface area contributed by atoms with Gasteiger partial charge >= 0.3 is 0 Å². The van der Waals surface area contributed by atoms with Crippen LogP contribution in [0.2, 0.25) is 0 Å². The standard InChI is InChI=1S/C22H22N2O4S/c1-24(15-16-8-10-18(11-9-16)17-6-4-3-5-7-17)22(25)20-14-19(29(23,26)27)12-13-21(20)28-2/h3-14H,15H2,1-2H3,(H2,23,26,27). The van der Waals surface area contributed by atoms with E-state index in [-0.39, 0.29) is 22.1 Å². The Kier molecular flexibility index (Phi) is 6.00. The molecule has 0 saturated heterocycles. The maximum Gasteiger partial charge on any atom is 0.257 e. The van der Waals surface area contributed by atoms with Crippen LogP contribution in [0.5, 0.6) is 5.75 Å². The van der Waals surface area contributed by atoms with Crippen LogP contribution in [0.25, 0.3) is 11.1 Å². The van der Waals surface area contributed by atoms with Gasteiger partial charge in [-0.1, -0.05) is 54.6 Å². The highest BCUT2D eigenvalue weighted by Gasteiger charge is 2.20. The molecular formula is C22H22N2O4S. The normalized spacial score (nSPS) is 11.1. The van der Waals surface area contributed by atoms with Crippen LogP contribution in [-0.2, 0) is 16.6 Å². The number of carbonyl (C=O) groups excluding carboxylic acids is 1. The summed E-state index contributed by atoms with van der Waals surface area (Å²) in [6, 6.07) is 21.9. The lowest BCUT2D eigenvalue weighted by atomic mass is 10.0. The van der Waals surface area contributed by atoms with Crippen LogP contribution in [0.4, 0.5) is 0 Å². The minimum Gasteiger partial charge on any atom is -0.496 e. The third-order valence-electron chi connectivity index (χ3n) is 4.56. The van der Waals surface area contributed by atoms with Crippen molar-refractivity contribution < 1.29 is 17.9 Å². The molecule has 0 aliphatic rings. The number of benzene rings is 3. The van der Waals surface area contributed by atoms with Gasteiger partial charge in [0.05, 0.1) is 17.6 Å². The summed E-state index contributed by atoms with van der Waals surface area (Å²) >= 11 is 0. The predicted octanol–water partition coefficient (Wildman–Crippen LogP) is 3.28. The van der Waals surface area contributed by atoms with Crippen LogP contribution in [0.1, 0.15) is 15.9 Å². The maximum atomic E-state index is 12.9. The first-order valence-corrected chi connectivity index (χ1v) is 10.4. The predicted molar refractivity (Wildman–Crippen MR) is 112 cm³/mol. The van der Waals surface area contributed by atoms with E-state index >= 15 is 0 Å². The molecule has 3 rings (SSSR count). The first kappa shape index (κ1) is 20.6. The Morgan fingerprint density at radius 3 is 2.17 bits per heavy atom. The monoisotopic (exact) mass is 410 g/mol. The number of rotatable bonds is 6. The molecule has 0 aromatic heterocycles. The SMILES string of the molecule is COc1ccc(S(N)(=O)=O)cc1C(=O)N(C)Cc1ccc(-c2ccccc2)cc1. The van der Waals surface area contributed by atoms with Crippen molar-refractivity contribution in [1.29, 1.82) is 0 Å². The Morgan fingerprint density at radius 2 is 1.59 bits per heavy atom. The Labute approximate surface area is 170 Å². The van der Waals surface area contributed by atoms with Gasteiger partial charge in [-0.2, -0.15) is 0 Å². The number of nitrogens with two attached hydrogens (primary N) is 1. The van der Waals surface area contributed by atoms with E-state index in [1.807, 2.05) is 54.6 Å². The van der Waals surface area contributed by atoms with Crippen LogP contribution in [0.15, 0.2) is 77.7 Å². The van der Waals surface area contributed by atoms with Gasteiger partial charge in [0.2, 0.25) is 10.0 Å². The molecular weight excluding hydrogens is 388 g/mol. The van der Waals surface area contributed by atoms with Gasteiger partial charge in [0, 0.05) is 13.6 Å². The van der Waals surface area contributed by atoms with Crippen LogP contribution in [0, 0.1) is 0 Å². The summed E-state index contributed by atoms with van der Waals surface area (Å²) in [6.45, 7) is 0.358. The van der Waals surface area contributed by atoms with E-state index in [2.05, 4.69) is 0 Å². The summed E-state index contributed by atoms with van der Waals surface area (Å²) in [5, 5.41) is 5.19. The minimum absolute atomic E-state index is 0.137. The molecule has 0 unspecified atom stereocenters. The molecule has 0 bridgehead atoms. The molecule has 0 heterocycles. The second-order valence-electron chi connectivity index (χ2n) is 6.63. The molecule has 7 heteroatoms. The Balaban J connectivity index is 1.80. The molecule has 1 amide bonds. The van der Waals surface area contributed by atoms with Gasteiger partial charge in [-0.3, -0.25) is 4.79 Å². The number of sulfonamides is 1. The molecule has 0 aliphatic carbocycles. The molecule has 0 atom stereocenters. The number of carbonyl (C=O) groups is 1. The lowest BCUT2D eigenvalue weighted by Gasteiger charge is -2.19. The third-order valence-corrected chi connectivity index (χ3v) is 5.47. The Morgan fingerprint density at radius 1 is 0.966 bits per heavy atom. The van der Waals surface area contributed by atoms with Crippen LogP contribution >= 0.6 is 0 Å². The molecule has 2 N–H and O–H groups in total. The number of primary sulfonamides is 1. The van der Waals surface area contributed by atoms with Crippen molar-refractivity contribution in [3.63, 3.8) is 0 Å². The number of ether oxygens (including phenoxy) is 1. The highest BCUT2D eigenvalue weighted by atomic mass is 32.2. The van der Waals surface area contributed by atoms with Gasteiger partial charge in [-0.15, -0.1) is 0 Å². The van der Waals surface area contributed by atoms with Crippen molar-refractivity contribution in [2.24, 2.45) is 5.14 Å². The second kappa shape index (κ2) is 8.46. The average Bonchev–Trinajstić information content (AvgIpc) is 2.73. The summed E-state index contributed by atoms with van der Waals surface area (Å²) in [7, 11) is -0.855. The number of methoxy groups -OCH3 is 1. The topological polar surface area (TPSA) is 89.7 Å². The summed E-state index contributed by atoms with van der Waals surface area (Å²) in [4.78, 5) is 14.3. The first-order chi connectivity index (χ1) is 13.8. The highest BCUT2D eigenvalue weighted by Crippen LogP contribution is 2.24. The quantitative estimate of drug-likeness (QED) is 0.675. The molecule has 3 aromatic rings. The number of hydrogen-bond donors (Lipinski definition) is 1. The zero-order valence-corrected chi connectivity index (χ0v) is 17.0. The van der Waals surface area contributed by atoms with Crippen molar-refractivity contribution in [3.05, 3.63) is 83.9 Å². The summed E-state index contributed by atoms with van der Waals surface area (Å²) in [5.41, 5.74) is 3.29. The Bertz CT molecular complexity index is 1110. The zero-order chi connectivity index (χ0) is 21.0. The average molecular weight is 410 g/mol. The summed E-state index contributed by atoms with van der Waals surface area (Å²) in [6.07, 6.45) is 0. The van der Waals surface area contributed by atoms with Gasteiger partial charge < -0.3 is 9.64 Å². The lowest BCUT2D eigenvalue weighted by Crippen LogP contribution is -2.27. The molecule has 29 heavy (non-hydrogen) atoms. The molecule has 150 valence electrons. The molecule has 3 aromatic carbocycles. The first-order valence-electron chi connectivity index (χ1n) is 8.90. The van der Waals surface area contributed by atoms with E-state index in [9.17, 15) is 13.2 Å². The third kappa shape index (κ3) is 4.82. The molecule has 0 radical (unpaired) electrons. The Hall–Kier alpha value is -3.16. The summed E-state index contributed by atoms with van der Waals surface area (Å²) < 4.78 is 28.5. The molecule has 0 aliphatic heterocycles. The van der Waals surface area contributed by atoms with Crippen molar-refractivity contribution in [2.45, 2.75) is 11.4 Å². The molecule has 6 nitrogen and oxygen atoms in total. The molecule has 0 fully saturated rings. The van der Waals surface area contributed by atoms with Crippen molar-refractivity contribution in [3.8, 4) is 16.9 Å². The van der Waals surface area contributed by atoms with E-state index in [0.717, 1.165) is 16.7 Å². The number of hydrogen-bond acceptors (Lipinski definition) is 4. The van der Waals surface area contributed by atoms with Gasteiger partial charge in [-0.05, 0) is 34.9 Å². The van der Waals surface area contributed by atoms with Crippen LogP contribution in [0.3, 0.4) is 0 Å². The van der Waals surface area contributed by atoms with Gasteiger partial charge in [-0.25, -0.2) is 13.6 Å². The van der Waals surface area contributed by atoms with Gasteiger partial charge in [0.1, 0.15) is 5.75 Å². The van der Waals surface area contributed by atoms with Gasteiger partial charge in [0.15, 0.2) is 0 Å². The van der Waals surface area contributed by atoms with Crippen molar-refractivity contribution in [1.82, 2.24) is 4.90 Å². The largest absolute Gasteiger partial charge is 0.496 e. The fraction of sp³-hybridized carbons (Fsp3) is 0.136. The maximum absolute atomic E-state index is 12.9. The van der Waals surface area contributed by atoms with Crippen LogP contribution < -0.4 is 9.88 Å². The van der Waals surface area contributed by atoms with E-state index < -0.39 is 10.0 Å². The lowest BCUT2D eigenvalue weighted by molar-refractivity contribution is 0.0781. The van der Waals surface area contributed by atoms with Crippen molar-refractivity contribution >= 4 is 15.9 Å². The fourth-order valence-corrected chi connectivity index (χ4v) is 3.56.